The van der Waals surface area contributed by atoms with Gasteiger partial charge in [-0.25, -0.2) is 0 Å². The van der Waals surface area contributed by atoms with Gasteiger partial charge < -0.3 is 66.9 Å². The van der Waals surface area contributed by atoms with Crippen LogP contribution in [-0.2, 0) is 28.8 Å². The molecule has 0 spiro atoms. The summed E-state index contributed by atoms with van der Waals surface area (Å²) in [6.07, 6.45) is -0.272. The van der Waals surface area contributed by atoms with Crippen molar-refractivity contribution in [2.45, 2.75) is 37.3 Å². The number of piperazine rings is 1. The summed E-state index contributed by atoms with van der Waals surface area (Å²) in [5.41, 5.74) is 6.53. The lowest BCUT2D eigenvalue weighted by atomic mass is 9.77. The van der Waals surface area contributed by atoms with Crippen LogP contribution >= 0.6 is 0 Å². The van der Waals surface area contributed by atoms with Crippen LogP contribution in [0.5, 0.6) is 0 Å². The van der Waals surface area contributed by atoms with Crippen molar-refractivity contribution in [3.05, 3.63) is 47.5 Å². The normalized spacial score (nSPS) is 19.5. The fourth-order valence-electron chi connectivity index (χ4n) is 9.41. The summed E-state index contributed by atoms with van der Waals surface area (Å²) < 4.78 is 0. The van der Waals surface area contributed by atoms with Crippen molar-refractivity contribution in [1.29, 1.82) is 0 Å². The van der Waals surface area contributed by atoms with Crippen molar-refractivity contribution in [3.8, 4) is 0 Å². The summed E-state index contributed by atoms with van der Waals surface area (Å²) in [7, 11) is 1.65. The molecule has 2 aromatic carbocycles. The molecule has 3 aliphatic heterocycles. The summed E-state index contributed by atoms with van der Waals surface area (Å²) in [5, 5.41) is 67.4. The first-order valence-corrected chi connectivity index (χ1v) is 25.4. The van der Waals surface area contributed by atoms with E-state index in [0.29, 0.717) is 68.0 Å². The van der Waals surface area contributed by atoms with Gasteiger partial charge in [-0.3, -0.25) is 67.8 Å². The lowest BCUT2D eigenvalue weighted by molar-refractivity contribution is -0.140. The number of hydrogen-bond acceptors (Lipinski definition) is 17. The summed E-state index contributed by atoms with van der Waals surface area (Å²) in [5.74, 6) is -6.22. The van der Waals surface area contributed by atoms with Gasteiger partial charge in [-0.15, -0.1) is 0 Å². The minimum absolute atomic E-state index is 0.00737. The number of benzene rings is 2. The average Bonchev–Trinajstić information content (AvgIpc) is 3.78. The van der Waals surface area contributed by atoms with Crippen LogP contribution < -0.4 is 21.7 Å². The molecule has 3 heterocycles. The highest BCUT2D eigenvalue weighted by atomic mass is 16.4. The Morgan fingerprint density at radius 2 is 1.17 bits per heavy atom. The molecule has 28 heteroatoms. The quantitative estimate of drug-likeness (QED) is 0.0229. The molecule has 0 bridgehead atoms. The van der Waals surface area contributed by atoms with Gasteiger partial charge >= 0.3 is 25.0 Å². The molecule has 0 radical (unpaired) electrons. The van der Waals surface area contributed by atoms with E-state index in [1.54, 1.807) is 67.8 Å². The maximum Gasteiger partial charge on any atom is 0.475 e. The number of nitrogens with zero attached hydrogens (tertiary/aromatic N) is 9. The van der Waals surface area contributed by atoms with Crippen LogP contribution in [-0.4, -0.2) is 300 Å². The summed E-state index contributed by atoms with van der Waals surface area (Å²) in [6.45, 7) is 2.74. The number of aliphatic hydroxyl groups excluding tert-OH is 1. The average molecular weight is 1070 g/mol. The van der Waals surface area contributed by atoms with Gasteiger partial charge in [-0.2, -0.15) is 0 Å². The third-order valence-corrected chi connectivity index (χ3v) is 13.6. The summed E-state index contributed by atoms with van der Waals surface area (Å²) >= 11 is 0. The lowest BCUT2D eigenvalue weighted by Crippen LogP contribution is -2.56. The summed E-state index contributed by atoms with van der Waals surface area (Å²) in [6, 6.07) is 8.93. The molecule has 11 N–H and O–H groups in total. The molecule has 3 saturated heterocycles. The van der Waals surface area contributed by atoms with Gasteiger partial charge in [0.25, 0.3) is 11.8 Å². The standard InChI is InChI=1S/C48H74BN13O14/c1-55(2)48(50)52-11-5-8-38(54-40(64)29-57-14-16-58(30-42(66)67)18-20-60(32-44(70)71)21-19-59(17-15-57)31-43(68)69)47(74)61-24-22-56(23-25-61)13-12-51-45(72)36-9-10-37(35-7-4-3-6-34(35)36)46(73)53-27-41(65)62-28-33(63)26-39(62)49(75)76/h3-4,6-7,9-10,33,38-39,63,75-76H,5,8,11-32H2,1-2H3,(H2,50,52)(H,51,72)(H,53,73)(H,54,64)(H,66,67)(H,68,69)(H,70,71)/t33?,38-,39?/m0/s1. The maximum atomic E-state index is 14.2. The number of nitrogens with two attached hydrogens (primary N) is 1. The van der Waals surface area contributed by atoms with Gasteiger partial charge in [0.1, 0.15) is 6.04 Å². The number of aliphatic hydroxyl groups is 1. The first-order valence-electron chi connectivity index (χ1n) is 25.4. The maximum absolute atomic E-state index is 14.2. The zero-order chi connectivity index (χ0) is 55.5. The highest BCUT2D eigenvalue weighted by Crippen LogP contribution is 2.24. The molecule has 3 fully saturated rings. The predicted octanol–water partition coefficient (Wildman–Crippen LogP) is -4.97. The van der Waals surface area contributed by atoms with E-state index < -0.39 is 67.4 Å². The largest absolute Gasteiger partial charge is 0.480 e. The van der Waals surface area contributed by atoms with Gasteiger partial charge in [0, 0.05) is 130 Å². The molecule has 27 nitrogen and oxygen atoms in total. The van der Waals surface area contributed by atoms with Crippen LogP contribution in [0, 0.1) is 0 Å². The van der Waals surface area contributed by atoms with E-state index in [0.717, 1.165) is 4.90 Å². The molecule has 2 unspecified atom stereocenters. The number of likely N-dealkylation sites (tertiary alicyclic amines) is 1. The Hall–Kier alpha value is -6.53. The number of fused-ring (bicyclic) bond motifs is 1. The van der Waals surface area contributed by atoms with Crippen molar-refractivity contribution < 1.29 is 68.8 Å². The second-order valence-electron chi connectivity index (χ2n) is 19.4. The SMILES string of the molecule is CN(C)C(N)=NCCC[C@H](NC(=O)CN1CCN(CC(=O)O)CCN(CC(=O)O)CCN(CC(=O)O)CC1)C(=O)N1CCN(CCNC(=O)c2ccc(C(=O)NCC(=O)N3CC(O)CC3B(O)O)c3ccccc23)CC1. The highest BCUT2D eigenvalue weighted by Gasteiger charge is 2.41. The van der Waals surface area contributed by atoms with Crippen molar-refractivity contribution in [2.75, 3.05) is 152 Å². The fraction of sp³-hybridized carbons (Fsp3) is 0.604. The number of β-amino-alcohol motifs (C(OH)–C–C–N with tert-alkyl or cyclic N) is 1. The Morgan fingerprint density at radius 3 is 1.64 bits per heavy atom. The van der Waals surface area contributed by atoms with E-state index in [9.17, 15) is 68.8 Å². The Balaban J connectivity index is 1.17. The number of carboxylic acid groups (broad SMARTS) is 3. The lowest BCUT2D eigenvalue weighted by Gasteiger charge is -2.37. The Kier molecular flexibility index (Phi) is 23.6. The Labute approximate surface area is 441 Å². The summed E-state index contributed by atoms with van der Waals surface area (Å²) in [4.78, 5) is 121. The molecule has 3 aliphatic rings. The van der Waals surface area contributed by atoms with Crippen molar-refractivity contribution in [1.82, 2.24) is 55.1 Å². The Bertz CT molecular complexity index is 2340. The molecule has 5 rings (SSSR count). The van der Waals surface area contributed by atoms with Crippen molar-refractivity contribution in [2.24, 2.45) is 10.7 Å². The molecule has 76 heavy (non-hydrogen) atoms. The number of amides is 5. The third kappa shape index (κ3) is 18.9. The molecule has 418 valence electrons. The van der Waals surface area contributed by atoms with Crippen molar-refractivity contribution in [3.63, 3.8) is 0 Å². The number of carbonyl (C=O) groups excluding carboxylic acids is 5. The van der Waals surface area contributed by atoms with E-state index in [4.69, 9.17) is 5.73 Å². The van der Waals surface area contributed by atoms with E-state index in [2.05, 4.69) is 25.8 Å². The van der Waals surface area contributed by atoms with Crippen LogP contribution in [0.3, 0.4) is 0 Å². The van der Waals surface area contributed by atoms with E-state index in [-0.39, 0.29) is 122 Å². The minimum Gasteiger partial charge on any atom is -0.480 e. The second-order valence-corrected chi connectivity index (χ2v) is 19.4. The number of carboxylic acids is 3. The number of nitrogens with one attached hydrogen (secondary N) is 3. The molecule has 2 aromatic rings. The number of rotatable bonds is 22. The smallest absolute Gasteiger partial charge is 0.475 e. The number of aliphatic imine (C=N–C) groups is 1. The van der Waals surface area contributed by atoms with Crippen LogP contribution in [0.2, 0.25) is 0 Å². The number of aliphatic carboxylic acids is 3. The third-order valence-electron chi connectivity index (χ3n) is 13.6. The van der Waals surface area contributed by atoms with E-state index in [1.807, 2.05) is 0 Å². The first-order chi connectivity index (χ1) is 36.2. The second kappa shape index (κ2) is 29.7. The fourth-order valence-corrected chi connectivity index (χ4v) is 9.41. The predicted molar refractivity (Wildman–Crippen MR) is 278 cm³/mol. The van der Waals surface area contributed by atoms with Gasteiger partial charge in [0.15, 0.2) is 5.96 Å². The molecular weight excluding hydrogens is 993 g/mol. The van der Waals surface area contributed by atoms with Crippen LogP contribution in [0.15, 0.2) is 41.4 Å². The highest BCUT2D eigenvalue weighted by molar-refractivity contribution is 6.43. The van der Waals surface area contributed by atoms with Crippen LogP contribution in [0.25, 0.3) is 10.8 Å². The monoisotopic (exact) mass is 1070 g/mol. The molecule has 0 aliphatic carbocycles. The molecular formula is C48H74BN13O14. The zero-order valence-corrected chi connectivity index (χ0v) is 43.3. The topological polar surface area (TPSA) is 358 Å². The van der Waals surface area contributed by atoms with Gasteiger partial charge in [-0.1, -0.05) is 24.3 Å². The molecule has 5 amide bonds. The molecule has 3 atom stereocenters. The van der Waals surface area contributed by atoms with Crippen LogP contribution in [0.1, 0.15) is 40.0 Å². The zero-order valence-electron chi connectivity index (χ0n) is 43.3. The van der Waals surface area contributed by atoms with Crippen molar-refractivity contribution >= 4 is 71.3 Å². The van der Waals surface area contributed by atoms with Gasteiger partial charge in [-0.05, 0) is 42.2 Å². The van der Waals surface area contributed by atoms with Gasteiger partial charge in [0.05, 0.1) is 44.8 Å². The molecule has 0 aromatic heterocycles. The Morgan fingerprint density at radius 1 is 0.697 bits per heavy atom. The minimum atomic E-state index is -1.85. The number of hydrogen-bond donors (Lipinski definition) is 10. The number of carbonyl (C=O) groups is 8. The van der Waals surface area contributed by atoms with Gasteiger partial charge in [0.2, 0.25) is 17.7 Å². The van der Waals surface area contributed by atoms with E-state index >= 15 is 0 Å². The van der Waals surface area contributed by atoms with Crippen LogP contribution in [0.4, 0.5) is 0 Å². The van der Waals surface area contributed by atoms with E-state index in [1.165, 1.54) is 12.1 Å². The molecule has 0 saturated carbocycles. The first kappa shape index (κ1) is 60.3. The number of guanidine groups is 1.